The molecule has 0 bridgehead atoms. The third kappa shape index (κ3) is 3.91. The first-order chi connectivity index (χ1) is 5.93. The number of hydrogen-bond acceptors (Lipinski definition) is 1. The lowest BCUT2D eigenvalue weighted by molar-refractivity contribution is 0.479. The van der Waals surface area contributed by atoms with Gasteiger partial charge in [-0.1, -0.05) is 31.8 Å². The molecule has 0 atom stereocenters. The first-order valence-electron chi connectivity index (χ1n) is 5.25. The number of hydrogen-bond donors (Lipinski definition) is 1. The predicted molar refractivity (Wildman–Crippen MR) is 54.3 cm³/mol. The van der Waals surface area contributed by atoms with Crippen LogP contribution in [-0.2, 0) is 0 Å². The summed E-state index contributed by atoms with van der Waals surface area (Å²) in [5.41, 5.74) is 0. The van der Waals surface area contributed by atoms with Gasteiger partial charge in [0.05, 0.1) is 0 Å². The molecule has 0 spiro atoms. The molecule has 1 fully saturated rings. The molecule has 0 aromatic carbocycles. The number of nitrogens with one attached hydrogen (secondary N) is 1. The third-order valence-corrected chi connectivity index (χ3v) is 2.73. The van der Waals surface area contributed by atoms with E-state index in [1.807, 2.05) is 6.08 Å². The Morgan fingerprint density at radius 1 is 1.25 bits per heavy atom. The van der Waals surface area contributed by atoms with E-state index in [1.54, 1.807) is 0 Å². The summed E-state index contributed by atoms with van der Waals surface area (Å²) in [6.07, 6.45) is 10.4. The molecule has 0 aliphatic heterocycles. The Morgan fingerprint density at radius 3 is 2.67 bits per heavy atom. The highest BCUT2D eigenvalue weighted by molar-refractivity contribution is 4.70. The lowest BCUT2D eigenvalue weighted by Crippen LogP contribution is -2.18. The van der Waals surface area contributed by atoms with Crippen LogP contribution in [0.2, 0.25) is 0 Å². The smallest absolute Gasteiger partial charge is 0.00144 e. The maximum absolute atomic E-state index is 3.70. The molecule has 1 saturated carbocycles. The minimum Gasteiger partial charge on any atom is -0.316 e. The molecular weight excluding hydrogens is 146 g/mol. The summed E-state index contributed by atoms with van der Waals surface area (Å²) in [6, 6.07) is 0. The Kier molecular flexibility index (Phi) is 5.09. The fourth-order valence-electron chi connectivity index (χ4n) is 1.93. The van der Waals surface area contributed by atoms with Crippen molar-refractivity contribution < 1.29 is 0 Å². The van der Waals surface area contributed by atoms with Gasteiger partial charge >= 0.3 is 0 Å². The largest absolute Gasteiger partial charge is 0.316 e. The van der Waals surface area contributed by atoms with Crippen molar-refractivity contribution in [2.24, 2.45) is 5.92 Å². The fraction of sp³-hybridized carbons (Fsp3) is 0.818. The average molecular weight is 167 g/mol. The molecule has 0 aromatic heterocycles. The van der Waals surface area contributed by atoms with Gasteiger partial charge in [-0.05, 0) is 31.8 Å². The van der Waals surface area contributed by atoms with E-state index >= 15 is 0 Å². The van der Waals surface area contributed by atoms with E-state index in [-0.39, 0.29) is 0 Å². The van der Waals surface area contributed by atoms with Crippen LogP contribution in [0.25, 0.3) is 0 Å². The first kappa shape index (κ1) is 9.79. The molecule has 0 heterocycles. The normalized spacial score (nSPS) is 18.3. The maximum atomic E-state index is 3.70. The molecule has 1 rings (SSSR count). The Morgan fingerprint density at radius 2 is 2.00 bits per heavy atom. The van der Waals surface area contributed by atoms with Gasteiger partial charge in [0.15, 0.2) is 0 Å². The Labute approximate surface area is 76.2 Å². The van der Waals surface area contributed by atoms with Gasteiger partial charge < -0.3 is 5.32 Å². The molecule has 0 radical (unpaired) electrons. The van der Waals surface area contributed by atoms with E-state index in [0.29, 0.717) is 0 Å². The van der Waals surface area contributed by atoms with Gasteiger partial charge in [0, 0.05) is 0 Å². The van der Waals surface area contributed by atoms with Crippen molar-refractivity contribution in [1.82, 2.24) is 5.32 Å². The molecule has 0 aromatic rings. The van der Waals surface area contributed by atoms with Crippen LogP contribution in [0, 0.1) is 5.92 Å². The van der Waals surface area contributed by atoms with Crippen molar-refractivity contribution in [2.45, 2.75) is 38.5 Å². The van der Waals surface area contributed by atoms with Crippen LogP contribution >= 0.6 is 0 Å². The maximum Gasteiger partial charge on any atom is -0.00144 e. The molecule has 1 nitrogen and oxygen atoms in total. The van der Waals surface area contributed by atoms with Crippen molar-refractivity contribution in [2.75, 3.05) is 13.1 Å². The van der Waals surface area contributed by atoms with Gasteiger partial charge in [-0.2, -0.15) is 0 Å². The molecule has 0 amide bonds. The third-order valence-electron chi connectivity index (χ3n) is 2.73. The van der Waals surface area contributed by atoms with E-state index in [9.17, 15) is 0 Å². The lowest BCUT2D eigenvalue weighted by atomic mass is 10.0. The van der Waals surface area contributed by atoms with Crippen molar-refractivity contribution in [3.05, 3.63) is 12.7 Å². The summed E-state index contributed by atoms with van der Waals surface area (Å²) in [5, 5.41) is 3.44. The van der Waals surface area contributed by atoms with Gasteiger partial charge in [0.1, 0.15) is 0 Å². The minimum absolute atomic E-state index is 1.03. The summed E-state index contributed by atoms with van der Waals surface area (Å²) < 4.78 is 0. The van der Waals surface area contributed by atoms with Crippen LogP contribution in [0.15, 0.2) is 12.7 Å². The second-order valence-corrected chi connectivity index (χ2v) is 3.77. The Hall–Kier alpha value is -0.300. The van der Waals surface area contributed by atoms with Gasteiger partial charge in [0.2, 0.25) is 0 Å². The van der Waals surface area contributed by atoms with Crippen molar-refractivity contribution in [3.8, 4) is 0 Å². The molecule has 0 unspecified atom stereocenters. The van der Waals surface area contributed by atoms with Crippen molar-refractivity contribution in [3.63, 3.8) is 0 Å². The second-order valence-electron chi connectivity index (χ2n) is 3.77. The number of rotatable bonds is 6. The van der Waals surface area contributed by atoms with E-state index in [4.69, 9.17) is 0 Å². The standard InChI is InChI=1S/C11H21N/c1-2-3-9-12-10-8-11-6-4-5-7-11/h2,11-12H,1,3-10H2. The minimum atomic E-state index is 1.03. The van der Waals surface area contributed by atoms with Crippen LogP contribution in [-0.4, -0.2) is 13.1 Å². The molecule has 1 aliphatic carbocycles. The Bertz CT molecular complexity index is 114. The van der Waals surface area contributed by atoms with Crippen LogP contribution in [0.5, 0.6) is 0 Å². The van der Waals surface area contributed by atoms with Crippen molar-refractivity contribution in [1.29, 1.82) is 0 Å². The average Bonchev–Trinajstić information content (AvgIpc) is 2.57. The van der Waals surface area contributed by atoms with Crippen molar-refractivity contribution >= 4 is 0 Å². The van der Waals surface area contributed by atoms with Crippen LogP contribution in [0.3, 0.4) is 0 Å². The highest BCUT2D eigenvalue weighted by Crippen LogP contribution is 2.26. The van der Waals surface area contributed by atoms with E-state index in [2.05, 4.69) is 11.9 Å². The van der Waals surface area contributed by atoms with Gasteiger partial charge in [-0.3, -0.25) is 0 Å². The van der Waals surface area contributed by atoms with Crippen LogP contribution < -0.4 is 5.32 Å². The zero-order chi connectivity index (χ0) is 8.65. The molecule has 70 valence electrons. The lowest BCUT2D eigenvalue weighted by Gasteiger charge is -2.08. The Balaban J connectivity index is 1.84. The highest BCUT2D eigenvalue weighted by atomic mass is 14.8. The topological polar surface area (TPSA) is 12.0 Å². The monoisotopic (exact) mass is 167 g/mol. The van der Waals surface area contributed by atoms with E-state index in [1.165, 1.54) is 38.6 Å². The SMILES string of the molecule is C=CCCNCCC1CCCC1. The summed E-state index contributed by atoms with van der Waals surface area (Å²) in [5.74, 6) is 1.03. The zero-order valence-electron chi connectivity index (χ0n) is 8.02. The molecule has 1 aliphatic rings. The molecule has 1 heteroatoms. The summed E-state index contributed by atoms with van der Waals surface area (Å²) in [7, 11) is 0. The van der Waals surface area contributed by atoms with Crippen LogP contribution in [0.4, 0.5) is 0 Å². The van der Waals surface area contributed by atoms with E-state index in [0.717, 1.165) is 18.9 Å². The zero-order valence-corrected chi connectivity index (χ0v) is 8.02. The van der Waals surface area contributed by atoms with Gasteiger partial charge in [-0.15, -0.1) is 6.58 Å². The quantitative estimate of drug-likeness (QED) is 0.474. The summed E-state index contributed by atoms with van der Waals surface area (Å²) in [4.78, 5) is 0. The van der Waals surface area contributed by atoms with E-state index < -0.39 is 0 Å². The molecular formula is C11H21N. The first-order valence-corrected chi connectivity index (χ1v) is 5.25. The summed E-state index contributed by atoms with van der Waals surface area (Å²) in [6.45, 7) is 6.01. The fourth-order valence-corrected chi connectivity index (χ4v) is 1.93. The molecule has 1 N–H and O–H groups in total. The molecule has 12 heavy (non-hydrogen) atoms. The predicted octanol–water partition coefficient (Wildman–Crippen LogP) is 2.73. The molecule has 0 saturated heterocycles. The highest BCUT2D eigenvalue weighted by Gasteiger charge is 2.13. The van der Waals surface area contributed by atoms with Gasteiger partial charge in [-0.25, -0.2) is 0 Å². The second kappa shape index (κ2) is 6.24. The van der Waals surface area contributed by atoms with Crippen LogP contribution in [0.1, 0.15) is 38.5 Å². The summed E-state index contributed by atoms with van der Waals surface area (Å²) >= 11 is 0. The van der Waals surface area contributed by atoms with Gasteiger partial charge in [0.25, 0.3) is 0 Å².